The standard InChI is InChI=1S/C19H26N4O3/c1-14(12-23-7-4-6-21-23)11-20-19(24)22-8-5-15-9-17(25-2)18(26-3)10-16(15)13-22/h4,6-7,9-10,14H,5,8,11-13H2,1-3H3,(H,20,24). The fourth-order valence-corrected chi connectivity index (χ4v) is 3.22. The van der Waals surface area contributed by atoms with Crippen LogP contribution < -0.4 is 14.8 Å². The molecule has 1 aliphatic rings. The van der Waals surface area contributed by atoms with E-state index >= 15 is 0 Å². The Bertz CT molecular complexity index is 745. The molecule has 2 heterocycles. The lowest BCUT2D eigenvalue weighted by molar-refractivity contribution is 0.190. The molecule has 0 radical (unpaired) electrons. The summed E-state index contributed by atoms with van der Waals surface area (Å²) in [6, 6.07) is 5.85. The maximum atomic E-state index is 12.5. The van der Waals surface area contributed by atoms with Crippen LogP contribution in [0.2, 0.25) is 0 Å². The summed E-state index contributed by atoms with van der Waals surface area (Å²) >= 11 is 0. The normalized spacial score (nSPS) is 14.5. The van der Waals surface area contributed by atoms with Gasteiger partial charge in [0, 0.05) is 38.6 Å². The zero-order valence-electron chi connectivity index (χ0n) is 15.6. The van der Waals surface area contributed by atoms with Gasteiger partial charge in [0.25, 0.3) is 0 Å². The Balaban J connectivity index is 1.56. The van der Waals surface area contributed by atoms with Crippen molar-refractivity contribution in [2.24, 2.45) is 5.92 Å². The largest absolute Gasteiger partial charge is 0.493 e. The van der Waals surface area contributed by atoms with Crippen molar-refractivity contribution in [3.63, 3.8) is 0 Å². The molecule has 3 rings (SSSR count). The van der Waals surface area contributed by atoms with Gasteiger partial charge in [-0.05, 0) is 41.7 Å². The van der Waals surface area contributed by atoms with Crippen LogP contribution in [0, 0.1) is 5.92 Å². The highest BCUT2D eigenvalue weighted by Crippen LogP contribution is 2.33. The van der Waals surface area contributed by atoms with Crippen molar-refractivity contribution in [3.8, 4) is 11.5 Å². The zero-order chi connectivity index (χ0) is 18.5. The Labute approximate surface area is 153 Å². The van der Waals surface area contributed by atoms with E-state index < -0.39 is 0 Å². The number of nitrogens with zero attached hydrogens (tertiary/aromatic N) is 3. The van der Waals surface area contributed by atoms with Crippen molar-refractivity contribution >= 4 is 6.03 Å². The van der Waals surface area contributed by atoms with Crippen LogP contribution >= 0.6 is 0 Å². The van der Waals surface area contributed by atoms with Gasteiger partial charge in [0.1, 0.15) is 0 Å². The lowest BCUT2D eigenvalue weighted by Crippen LogP contribution is -2.44. The summed E-state index contributed by atoms with van der Waals surface area (Å²) in [5.74, 6) is 1.73. The first-order valence-corrected chi connectivity index (χ1v) is 8.84. The molecule has 1 aliphatic heterocycles. The molecule has 26 heavy (non-hydrogen) atoms. The van der Waals surface area contributed by atoms with E-state index in [2.05, 4.69) is 17.3 Å². The SMILES string of the molecule is COc1cc2c(cc1OC)CN(C(=O)NCC(C)Cn1cccn1)CC2. The molecule has 2 amide bonds. The van der Waals surface area contributed by atoms with Crippen molar-refractivity contribution < 1.29 is 14.3 Å². The second-order valence-corrected chi connectivity index (χ2v) is 6.67. The van der Waals surface area contributed by atoms with Gasteiger partial charge in [0.05, 0.1) is 14.2 Å². The number of ether oxygens (including phenoxy) is 2. The summed E-state index contributed by atoms with van der Waals surface area (Å²) < 4.78 is 12.6. The number of urea groups is 1. The number of nitrogens with one attached hydrogen (secondary N) is 1. The molecule has 1 atom stereocenters. The van der Waals surface area contributed by atoms with Gasteiger partial charge >= 0.3 is 6.03 Å². The van der Waals surface area contributed by atoms with E-state index in [9.17, 15) is 4.79 Å². The molecule has 1 aromatic carbocycles. The van der Waals surface area contributed by atoms with Crippen LogP contribution in [0.4, 0.5) is 4.79 Å². The molecule has 140 valence electrons. The predicted molar refractivity (Wildman–Crippen MR) is 98.4 cm³/mol. The molecule has 0 bridgehead atoms. The zero-order valence-corrected chi connectivity index (χ0v) is 15.6. The first-order valence-electron chi connectivity index (χ1n) is 8.84. The molecule has 2 aromatic rings. The van der Waals surface area contributed by atoms with Crippen molar-refractivity contribution in [2.45, 2.75) is 26.4 Å². The minimum atomic E-state index is -0.0299. The van der Waals surface area contributed by atoms with Crippen LogP contribution in [0.3, 0.4) is 0 Å². The molecule has 1 aromatic heterocycles. The summed E-state index contributed by atoms with van der Waals surface area (Å²) in [4.78, 5) is 14.4. The van der Waals surface area contributed by atoms with Crippen LogP contribution in [0.25, 0.3) is 0 Å². The minimum Gasteiger partial charge on any atom is -0.493 e. The van der Waals surface area contributed by atoms with Crippen LogP contribution in [0.15, 0.2) is 30.6 Å². The number of carbonyl (C=O) groups is 1. The first kappa shape index (κ1) is 18.1. The maximum Gasteiger partial charge on any atom is 0.317 e. The number of benzene rings is 1. The van der Waals surface area contributed by atoms with Crippen LogP contribution in [0.1, 0.15) is 18.1 Å². The number of hydrogen-bond donors (Lipinski definition) is 1. The van der Waals surface area contributed by atoms with E-state index in [-0.39, 0.29) is 6.03 Å². The average Bonchev–Trinajstić information content (AvgIpc) is 3.17. The van der Waals surface area contributed by atoms with E-state index in [0.29, 0.717) is 31.3 Å². The average molecular weight is 358 g/mol. The Morgan fingerprint density at radius 2 is 2.00 bits per heavy atom. The van der Waals surface area contributed by atoms with Crippen molar-refractivity contribution in [1.82, 2.24) is 20.0 Å². The highest BCUT2D eigenvalue weighted by molar-refractivity contribution is 5.74. The Morgan fingerprint density at radius 1 is 1.27 bits per heavy atom. The van der Waals surface area contributed by atoms with Crippen molar-refractivity contribution in [3.05, 3.63) is 41.7 Å². The molecular formula is C19H26N4O3. The maximum absolute atomic E-state index is 12.5. The third kappa shape index (κ3) is 4.09. The minimum absolute atomic E-state index is 0.0299. The number of fused-ring (bicyclic) bond motifs is 1. The van der Waals surface area contributed by atoms with Crippen molar-refractivity contribution in [2.75, 3.05) is 27.3 Å². The number of carbonyl (C=O) groups excluding carboxylic acids is 1. The third-order valence-corrected chi connectivity index (χ3v) is 4.66. The van der Waals surface area contributed by atoms with Gasteiger partial charge in [-0.1, -0.05) is 6.92 Å². The van der Waals surface area contributed by atoms with Gasteiger partial charge in [-0.25, -0.2) is 4.79 Å². The van der Waals surface area contributed by atoms with Crippen LogP contribution in [-0.2, 0) is 19.5 Å². The van der Waals surface area contributed by atoms with Gasteiger partial charge in [-0.15, -0.1) is 0 Å². The van der Waals surface area contributed by atoms with Gasteiger partial charge < -0.3 is 19.7 Å². The van der Waals surface area contributed by atoms with E-state index in [4.69, 9.17) is 9.47 Å². The monoisotopic (exact) mass is 358 g/mol. The fraction of sp³-hybridized carbons (Fsp3) is 0.474. The predicted octanol–water partition coefficient (Wildman–Crippen LogP) is 2.30. The molecule has 1 N–H and O–H groups in total. The quantitative estimate of drug-likeness (QED) is 0.860. The fourth-order valence-electron chi connectivity index (χ4n) is 3.22. The molecule has 0 fully saturated rings. The molecule has 0 saturated heterocycles. The second kappa shape index (κ2) is 8.12. The second-order valence-electron chi connectivity index (χ2n) is 6.67. The van der Waals surface area contributed by atoms with Gasteiger partial charge in [0.2, 0.25) is 0 Å². The summed E-state index contributed by atoms with van der Waals surface area (Å²) in [6.45, 7) is 4.78. The van der Waals surface area contributed by atoms with Gasteiger partial charge in [-0.2, -0.15) is 5.10 Å². The smallest absolute Gasteiger partial charge is 0.317 e. The Kier molecular flexibility index (Phi) is 5.65. The lowest BCUT2D eigenvalue weighted by Gasteiger charge is -2.30. The van der Waals surface area contributed by atoms with Crippen LogP contribution in [0.5, 0.6) is 11.5 Å². The first-order chi connectivity index (χ1) is 12.6. The summed E-state index contributed by atoms with van der Waals surface area (Å²) in [5.41, 5.74) is 2.31. The van der Waals surface area contributed by atoms with Gasteiger partial charge in [-0.3, -0.25) is 4.68 Å². The molecule has 7 nitrogen and oxygen atoms in total. The Morgan fingerprint density at radius 3 is 2.65 bits per heavy atom. The molecule has 0 saturated carbocycles. The van der Waals surface area contributed by atoms with Crippen LogP contribution in [-0.4, -0.2) is 48.0 Å². The topological polar surface area (TPSA) is 68.6 Å². The molecule has 1 unspecified atom stereocenters. The van der Waals surface area contributed by atoms with E-state index in [1.807, 2.05) is 34.0 Å². The lowest BCUT2D eigenvalue weighted by atomic mass is 9.99. The number of aromatic nitrogens is 2. The summed E-state index contributed by atoms with van der Waals surface area (Å²) in [6.07, 6.45) is 4.51. The van der Waals surface area contributed by atoms with E-state index in [1.165, 1.54) is 5.56 Å². The summed E-state index contributed by atoms with van der Waals surface area (Å²) in [5, 5.41) is 7.24. The number of methoxy groups -OCH3 is 2. The molecule has 7 heteroatoms. The highest BCUT2D eigenvalue weighted by Gasteiger charge is 2.23. The van der Waals surface area contributed by atoms with E-state index in [0.717, 1.165) is 24.3 Å². The third-order valence-electron chi connectivity index (χ3n) is 4.66. The summed E-state index contributed by atoms with van der Waals surface area (Å²) in [7, 11) is 3.26. The number of hydrogen-bond acceptors (Lipinski definition) is 4. The molecule has 0 spiro atoms. The Hall–Kier alpha value is -2.70. The number of amides is 2. The molecular weight excluding hydrogens is 332 g/mol. The molecule has 0 aliphatic carbocycles. The van der Waals surface area contributed by atoms with E-state index in [1.54, 1.807) is 20.4 Å². The number of rotatable bonds is 6. The highest BCUT2D eigenvalue weighted by atomic mass is 16.5. The van der Waals surface area contributed by atoms with Gasteiger partial charge in [0.15, 0.2) is 11.5 Å². The van der Waals surface area contributed by atoms with Crippen molar-refractivity contribution in [1.29, 1.82) is 0 Å².